The first kappa shape index (κ1) is 21.9. The van der Waals surface area contributed by atoms with Gasteiger partial charge >= 0.3 is 0 Å². The maximum absolute atomic E-state index is 13.9. The van der Waals surface area contributed by atoms with Gasteiger partial charge in [-0.25, -0.2) is 4.39 Å². The van der Waals surface area contributed by atoms with Crippen LogP contribution < -0.4 is 10.1 Å². The predicted molar refractivity (Wildman–Crippen MR) is 123 cm³/mol. The number of aromatic nitrogens is 2. The lowest BCUT2D eigenvalue weighted by atomic mass is 10.1. The van der Waals surface area contributed by atoms with Crippen molar-refractivity contribution in [2.45, 2.75) is 13.2 Å². The van der Waals surface area contributed by atoms with Gasteiger partial charge in [-0.2, -0.15) is 5.10 Å². The number of hydrogen-bond donors (Lipinski definition) is 1. The summed E-state index contributed by atoms with van der Waals surface area (Å²) in [7, 11) is 0. The second-order valence-corrected chi connectivity index (χ2v) is 7.86. The third kappa shape index (κ3) is 5.46. The van der Waals surface area contributed by atoms with E-state index < -0.39 is 0 Å². The molecule has 1 heterocycles. The number of nitrogens with one attached hydrogen (secondary N) is 1. The van der Waals surface area contributed by atoms with E-state index in [2.05, 4.69) is 10.4 Å². The van der Waals surface area contributed by atoms with E-state index in [1.165, 1.54) is 10.7 Å². The molecule has 0 fully saturated rings. The minimum atomic E-state index is -0.364. The summed E-state index contributed by atoms with van der Waals surface area (Å²) < 4.78 is 21.1. The van der Waals surface area contributed by atoms with Gasteiger partial charge in [-0.3, -0.25) is 9.48 Å². The lowest BCUT2D eigenvalue weighted by Gasteiger charge is -2.08. The standard InChI is InChI=1S/C24H18Cl2FN3O2/c25-19-8-10-20(11-9-19)32-15-16-4-3-6-17(12-16)24(31)28-23-21(26)14-30(29-23)13-18-5-1-2-7-22(18)27/h1-12,14H,13,15H2,(H,28,29,31). The molecule has 0 aliphatic heterocycles. The molecule has 0 spiro atoms. The third-order valence-electron chi connectivity index (χ3n) is 4.65. The Hall–Kier alpha value is -3.35. The van der Waals surface area contributed by atoms with Gasteiger partial charge < -0.3 is 10.1 Å². The number of anilines is 1. The van der Waals surface area contributed by atoms with E-state index in [0.717, 1.165) is 5.56 Å². The molecule has 0 saturated carbocycles. The number of amides is 1. The zero-order chi connectivity index (χ0) is 22.5. The molecule has 1 N–H and O–H groups in total. The van der Waals surface area contributed by atoms with Gasteiger partial charge in [-0.1, -0.05) is 53.5 Å². The van der Waals surface area contributed by atoms with Crippen molar-refractivity contribution in [1.29, 1.82) is 0 Å². The Morgan fingerprint density at radius 2 is 1.81 bits per heavy atom. The van der Waals surface area contributed by atoms with Gasteiger partial charge in [-0.05, 0) is 48.0 Å². The van der Waals surface area contributed by atoms with Crippen LogP contribution >= 0.6 is 23.2 Å². The van der Waals surface area contributed by atoms with Crippen LogP contribution in [0.15, 0.2) is 79.0 Å². The van der Waals surface area contributed by atoms with Crippen LogP contribution in [0.1, 0.15) is 21.5 Å². The highest BCUT2D eigenvalue weighted by atomic mass is 35.5. The summed E-state index contributed by atoms with van der Waals surface area (Å²) in [4.78, 5) is 12.7. The number of ether oxygens (including phenoxy) is 1. The largest absolute Gasteiger partial charge is 0.489 e. The maximum atomic E-state index is 13.9. The SMILES string of the molecule is O=C(Nc1nn(Cc2ccccc2F)cc1Cl)c1cccc(COc2ccc(Cl)cc2)c1. The average Bonchev–Trinajstić information content (AvgIpc) is 3.13. The first-order valence-electron chi connectivity index (χ1n) is 9.73. The Balaban J connectivity index is 1.41. The van der Waals surface area contributed by atoms with Crippen LogP contribution in [0.25, 0.3) is 0 Å². The molecule has 8 heteroatoms. The zero-order valence-electron chi connectivity index (χ0n) is 16.8. The summed E-state index contributed by atoms with van der Waals surface area (Å²) in [6, 6.07) is 20.5. The van der Waals surface area contributed by atoms with Crippen LogP contribution in [0, 0.1) is 5.82 Å². The zero-order valence-corrected chi connectivity index (χ0v) is 18.3. The highest BCUT2D eigenvalue weighted by molar-refractivity contribution is 6.33. The molecule has 5 nitrogen and oxygen atoms in total. The van der Waals surface area contributed by atoms with Crippen LogP contribution in [0.3, 0.4) is 0 Å². The van der Waals surface area contributed by atoms with E-state index in [4.69, 9.17) is 27.9 Å². The summed E-state index contributed by atoms with van der Waals surface area (Å²) in [6.45, 7) is 0.487. The highest BCUT2D eigenvalue weighted by Gasteiger charge is 2.14. The Morgan fingerprint density at radius 1 is 1.03 bits per heavy atom. The summed E-state index contributed by atoms with van der Waals surface area (Å²) >= 11 is 12.1. The second kappa shape index (κ2) is 9.85. The van der Waals surface area contributed by atoms with Crippen molar-refractivity contribution in [3.8, 4) is 5.75 Å². The van der Waals surface area contributed by atoms with Crippen molar-refractivity contribution >= 4 is 34.9 Å². The van der Waals surface area contributed by atoms with E-state index in [9.17, 15) is 9.18 Å². The minimum Gasteiger partial charge on any atom is -0.489 e. The van der Waals surface area contributed by atoms with E-state index in [-0.39, 0.29) is 29.1 Å². The fraction of sp³-hybridized carbons (Fsp3) is 0.0833. The van der Waals surface area contributed by atoms with Crippen molar-refractivity contribution in [1.82, 2.24) is 9.78 Å². The van der Waals surface area contributed by atoms with Gasteiger partial charge in [0, 0.05) is 22.3 Å². The number of nitrogens with zero attached hydrogens (tertiary/aromatic N) is 2. The van der Waals surface area contributed by atoms with E-state index >= 15 is 0 Å². The number of benzene rings is 3. The van der Waals surface area contributed by atoms with Crippen LogP contribution in [-0.2, 0) is 13.2 Å². The quantitative estimate of drug-likeness (QED) is 0.350. The van der Waals surface area contributed by atoms with Crippen molar-refractivity contribution < 1.29 is 13.9 Å². The maximum Gasteiger partial charge on any atom is 0.256 e. The number of hydrogen-bond acceptors (Lipinski definition) is 3. The topological polar surface area (TPSA) is 56.2 Å². The van der Waals surface area contributed by atoms with Crippen LogP contribution in [0.4, 0.5) is 10.2 Å². The fourth-order valence-corrected chi connectivity index (χ4v) is 3.37. The van der Waals surface area contributed by atoms with Crippen LogP contribution in [-0.4, -0.2) is 15.7 Å². The summed E-state index contributed by atoms with van der Waals surface area (Å²) in [5.41, 5.74) is 1.73. The molecule has 0 radical (unpaired) electrons. The number of carbonyl (C=O) groups is 1. The molecule has 0 aliphatic rings. The van der Waals surface area contributed by atoms with Crippen molar-refractivity contribution in [3.05, 3.63) is 112 Å². The second-order valence-electron chi connectivity index (χ2n) is 7.01. The fourth-order valence-electron chi connectivity index (χ4n) is 3.04. The van der Waals surface area contributed by atoms with Gasteiger partial charge in [-0.15, -0.1) is 0 Å². The smallest absolute Gasteiger partial charge is 0.256 e. The molecule has 4 aromatic rings. The number of carbonyl (C=O) groups excluding carboxylic acids is 1. The summed E-state index contributed by atoms with van der Waals surface area (Å²) in [6.07, 6.45) is 1.54. The van der Waals surface area contributed by atoms with Gasteiger partial charge in [0.05, 0.1) is 6.54 Å². The Kier molecular flexibility index (Phi) is 6.73. The van der Waals surface area contributed by atoms with Gasteiger partial charge in [0.2, 0.25) is 0 Å². The molecule has 0 aliphatic carbocycles. The van der Waals surface area contributed by atoms with Gasteiger partial charge in [0.25, 0.3) is 5.91 Å². The van der Waals surface area contributed by atoms with Gasteiger partial charge in [0.1, 0.15) is 23.2 Å². The Morgan fingerprint density at radius 3 is 2.59 bits per heavy atom. The summed E-state index contributed by atoms with van der Waals surface area (Å²) in [5.74, 6) is 0.186. The molecule has 3 aromatic carbocycles. The lowest BCUT2D eigenvalue weighted by Crippen LogP contribution is -2.13. The Labute approximate surface area is 194 Å². The van der Waals surface area contributed by atoms with Gasteiger partial charge in [0.15, 0.2) is 5.82 Å². The van der Waals surface area contributed by atoms with Crippen molar-refractivity contribution in [2.24, 2.45) is 0 Å². The van der Waals surface area contributed by atoms with Crippen LogP contribution in [0.5, 0.6) is 5.75 Å². The molecular weight excluding hydrogens is 452 g/mol. The number of rotatable bonds is 7. The molecule has 0 unspecified atom stereocenters. The van der Waals surface area contributed by atoms with E-state index in [1.807, 2.05) is 6.07 Å². The highest BCUT2D eigenvalue weighted by Crippen LogP contribution is 2.22. The molecular formula is C24H18Cl2FN3O2. The molecule has 1 aromatic heterocycles. The summed E-state index contributed by atoms with van der Waals surface area (Å²) in [5, 5.41) is 7.86. The monoisotopic (exact) mass is 469 g/mol. The molecule has 0 bridgehead atoms. The van der Waals surface area contributed by atoms with E-state index in [1.54, 1.807) is 66.9 Å². The van der Waals surface area contributed by atoms with Crippen molar-refractivity contribution in [3.63, 3.8) is 0 Å². The molecule has 0 atom stereocenters. The molecule has 32 heavy (non-hydrogen) atoms. The first-order valence-corrected chi connectivity index (χ1v) is 10.5. The first-order chi connectivity index (χ1) is 15.5. The Bertz CT molecular complexity index is 1240. The number of halogens is 3. The predicted octanol–water partition coefficient (Wildman–Crippen LogP) is 6.21. The molecule has 4 rings (SSSR count). The molecule has 162 valence electrons. The van der Waals surface area contributed by atoms with E-state index in [0.29, 0.717) is 28.5 Å². The molecule has 0 saturated heterocycles. The lowest BCUT2D eigenvalue weighted by molar-refractivity contribution is 0.102. The third-order valence-corrected chi connectivity index (χ3v) is 5.18. The molecule has 1 amide bonds. The van der Waals surface area contributed by atoms with Crippen molar-refractivity contribution in [2.75, 3.05) is 5.32 Å². The minimum absolute atomic E-state index is 0.194. The normalized spacial score (nSPS) is 10.7. The van der Waals surface area contributed by atoms with Crippen LogP contribution in [0.2, 0.25) is 10.0 Å². The average molecular weight is 470 g/mol.